The highest BCUT2D eigenvalue weighted by Gasteiger charge is 2.18. The number of urea groups is 1. The Balaban J connectivity index is 2.63. The van der Waals surface area contributed by atoms with E-state index in [2.05, 4.69) is 26.6 Å². The van der Waals surface area contributed by atoms with Crippen molar-refractivity contribution in [2.75, 3.05) is 6.54 Å². The van der Waals surface area contributed by atoms with Crippen LogP contribution in [0.1, 0.15) is 13.8 Å². The number of imide groups is 1. The zero-order chi connectivity index (χ0) is 14.4. The van der Waals surface area contributed by atoms with Gasteiger partial charge in [-0.15, -0.1) is 0 Å². The second-order valence-electron chi connectivity index (χ2n) is 3.68. The number of hydrogen-bond donors (Lipinski definition) is 2. The van der Waals surface area contributed by atoms with Crippen LogP contribution >= 0.6 is 27.5 Å². The summed E-state index contributed by atoms with van der Waals surface area (Å²) >= 11 is 9.22. The SMILES string of the molecule is CCNC(=O)NC(=O)C(C)Oc1cc(Br)ccc1Cl. The highest BCUT2D eigenvalue weighted by molar-refractivity contribution is 9.10. The zero-order valence-corrected chi connectivity index (χ0v) is 12.8. The summed E-state index contributed by atoms with van der Waals surface area (Å²) in [5.41, 5.74) is 0. The smallest absolute Gasteiger partial charge is 0.321 e. The van der Waals surface area contributed by atoms with Crippen LogP contribution in [0.4, 0.5) is 4.79 Å². The van der Waals surface area contributed by atoms with E-state index in [9.17, 15) is 9.59 Å². The van der Waals surface area contributed by atoms with Crippen LogP contribution < -0.4 is 15.4 Å². The minimum absolute atomic E-state index is 0.370. The van der Waals surface area contributed by atoms with E-state index in [1.165, 1.54) is 6.92 Å². The van der Waals surface area contributed by atoms with Gasteiger partial charge in [0.25, 0.3) is 5.91 Å². The standard InChI is InChI=1S/C12H14BrClN2O3/c1-3-15-12(18)16-11(17)7(2)19-10-6-8(13)4-5-9(10)14/h4-7H,3H2,1-2H3,(H2,15,16,17,18). The fourth-order valence-electron chi connectivity index (χ4n) is 1.23. The van der Waals surface area contributed by atoms with E-state index in [4.69, 9.17) is 16.3 Å². The summed E-state index contributed by atoms with van der Waals surface area (Å²) in [4.78, 5) is 22.9. The summed E-state index contributed by atoms with van der Waals surface area (Å²) in [5.74, 6) is -0.170. The minimum Gasteiger partial charge on any atom is -0.479 e. The van der Waals surface area contributed by atoms with E-state index in [1.807, 2.05) is 0 Å². The van der Waals surface area contributed by atoms with Crippen molar-refractivity contribution in [1.29, 1.82) is 0 Å². The molecule has 0 aromatic heterocycles. The molecule has 0 bridgehead atoms. The lowest BCUT2D eigenvalue weighted by Gasteiger charge is -2.15. The molecule has 0 aliphatic rings. The Labute approximate surface area is 124 Å². The van der Waals surface area contributed by atoms with E-state index < -0.39 is 18.0 Å². The number of carbonyl (C=O) groups is 2. The molecule has 1 aromatic carbocycles. The number of halogens is 2. The Kier molecular flexibility index (Phi) is 6.11. The molecule has 5 nitrogen and oxygen atoms in total. The quantitative estimate of drug-likeness (QED) is 0.878. The van der Waals surface area contributed by atoms with Gasteiger partial charge in [-0.1, -0.05) is 27.5 Å². The molecule has 0 saturated carbocycles. The van der Waals surface area contributed by atoms with E-state index in [-0.39, 0.29) is 0 Å². The van der Waals surface area contributed by atoms with Crippen molar-refractivity contribution in [3.8, 4) is 5.75 Å². The predicted octanol–water partition coefficient (Wildman–Crippen LogP) is 2.72. The monoisotopic (exact) mass is 348 g/mol. The first-order valence-corrected chi connectivity index (χ1v) is 6.81. The number of nitrogens with one attached hydrogen (secondary N) is 2. The molecule has 1 unspecified atom stereocenters. The first kappa shape index (κ1) is 15.8. The Bertz CT molecular complexity index is 482. The number of benzene rings is 1. The summed E-state index contributed by atoms with van der Waals surface area (Å²) in [6.45, 7) is 3.73. The minimum atomic E-state index is -0.839. The van der Waals surface area contributed by atoms with E-state index >= 15 is 0 Å². The van der Waals surface area contributed by atoms with Gasteiger partial charge in [0.15, 0.2) is 6.10 Å². The number of ether oxygens (including phenoxy) is 1. The summed E-state index contributed by atoms with van der Waals surface area (Å²) < 4.78 is 6.19. The van der Waals surface area contributed by atoms with Crippen LogP contribution in [0.3, 0.4) is 0 Å². The van der Waals surface area contributed by atoms with Gasteiger partial charge in [-0.3, -0.25) is 10.1 Å². The van der Waals surface area contributed by atoms with Crippen LogP contribution in [0.25, 0.3) is 0 Å². The fourth-order valence-corrected chi connectivity index (χ4v) is 1.73. The van der Waals surface area contributed by atoms with Crippen molar-refractivity contribution in [2.45, 2.75) is 20.0 Å². The lowest BCUT2D eigenvalue weighted by molar-refractivity contribution is -0.126. The van der Waals surface area contributed by atoms with Gasteiger partial charge in [0.2, 0.25) is 0 Å². The molecule has 1 aromatic rings. The van der Waals surface area contributed by atoms with Crippen molar-refractivity contribution in [3.63, 3.8) is 0 Å². The molecule has 0 aliphatic carbocycles. The van der Waals surface area contributed by atoms with Gasteiger partial charge in [-0.2, -0.15) is 0 Å². The molecule has 3 amide bonds. The topological polar surface area (TPSA) is 67.4 Å². The third-order valence-electron chi connectivity index (χ3n) is 2.14. The molecule has 0 aliphatic heterocycles. The summed E-state index contributed by atoms with van der Waals surface area (Å²) in [6.07, 6.45) is -0.839. The normalized spacial score (nSPS) is 11.6. The van der Waals surface area contributed by atoms with Gasteiger partial charge in [0, 0.05) is 11.0 Å². The molecule has 0 saturated heterocycles. The van der Waals surface area contributed by atoms with Crippen molar-refractivity contribution >= 4 is 39.5 Å². The molecule has 2 N–H and O–H groups in total. The lowest BCUT2D eigenvalue weighted by atomic mass is 10.3. The van der Waals surface area contributed by atoms with E-state index in [0.717, 1.165) is 4.47 Å². The van der Waals surface area contributed by atoms with Gasteiger partial charge < -0.3 is 10.1 Å². The lowest BCUT2D eigenvalue weighted by Crippen LogP contribution is -2.45. The number of rotatable bonds is 4. The summed E-state index contributed by atoms with van der Waals surface area (Å²) in [7, 11) is 0. The molecule has 19 heavy (non-hydrogen) atoms. The van der Waals surface area contributed by atoms with Crippen molar-refractivity contribution in [2.24, 2.45) is 0 Å². The molecular formula is C12H14BrClN2O3. The third-order valence-corrected chi connectivity index (χ3v) is 2.95. The summed E-state index contributed by atoms with van der Waals surface area (Å²) in [6, 6.07) is 4.51. The largest absolute Gasteiger partial charge is 0.479 e. The molecule has 0 heterocycles. The molecule has 104 valence electrons. The first-order valence-electron chi connectivity index (χ1n) is 5.64. The van der Waals surface area contributed by atoms with Gasteiger partial charge in [-0.05, 0) is 32.0 Å². The highest BCUT2D eigenvalue weighted by Crippen LogP contribution is 2.28. The van der Waals surface area contributed by atoms with Gasteiger partial charge in [-0.25, -0.2) is 4.79 Å². The molecule has 0 fully saturated rings. The van der Waals surface area contributed by atoms with Gasteiger partial charge >= 0.3 is 6.03 Å². The summed E-state index contributed by atoms with van der Waals surface area (Å²) in [5, 5.41) is 5.01. The molecule has 7 heteroatoms. The van der Waals surface area contributed by atoms with Crippen LogP contribution in [0.2, 0.25) is 5.02 Å². The molecule has 0 spiro atoms. The van der Waals surface area contributed by atoms with Crippen molar-refractivity contribution in [3.05, 3.63) is 27.7 Å². The second kappa shape index (κ2) is 7.35. The van der Waals surface area contributed by atoms with Crippen LogP contribution in [-0.2, 0) is 4.79 Å². The van der Waals surface area contributed by atoms with Crippen LogP contribution in [0, 0.1) is 0 Å². The van der Waals surface area contributed by atoms with Crippen molar-refractivity contribution in [1.82, 2.24) is 10.6 Å². The second-order valence-corrected chi connectivity index (χ2v) is 5.01. The number of hydrogen-bond acceptors (Lipinski definition) is 3. The molecule has 0 radical (unpaired) electrons. The molecule has 1 atom stereocenters. The van der Waals surface area contributed by atoms with Gasteiger partial charge in [0.05, 0.1) is 5.02 Å². The maximum Gasteiger partial charge on any atom is 0.321 e. The first-order chi connectivity index (χ1) is 8.93. The fraction of sp³-hybridized carbons (Fsp3) is 0.333. The van der Waals surface area contributed by atoms with E-state index in [0.29, 0.717) is 17.3 Å². The Morgan fingerprint density at radius 1 is 1.47 bits per heavy atom. The van der Waals surface area contributed by atoms with Crippen LogP contribution in [0.15, 0.2) is 22.7 Å². The van der Waals surface area contributed by atoms with Crippen LogP contribution in [0.5, 0.6) is 5.75 Å². The Morgan fingerprint density at radius 2 is 2.16 bits per heavy atom. The maximum absolute atomic E-state index is 11.7. The van der Waals surface area contributed by atoms with Crippen molar-refractivity contribution < 1.29 is 14.3 Å². The van der Waals surface area contributed by atoms with Crippen LogP contribution in [-0.4, -0.2) is 24.6 Å². The zero-order valence-electron chi connectivity index (χ0n) is 10.5. The average Bonchev–Trinajstić information content (AvgIpc) is 2.34. The predicted molar refractivity (Wildman–Crippen MR) is 76.5 cm³/mol. The average molecular weight is 350 g/mol. The van der Waals surface area contributed by atoms with E-state index in [1.54, 1.807) is 25.1 Å². The number of amides is 3. The number of carbonyl (C=O) groups excluding carboxylic acids is 2. The molecular weight excluding hydrogens is 336 g/mol. The third kappa shape index (κ3) is 5.08. The van der Waals surface area contributed by atoms with Gasteiger partial charge in [0.1, 0.15) is 5.75 Å². The highest BCUT2D eigenvalue weighted by atomic mass is 79.9. The molecule has 1 rings (SSSR count). The Hall–Kier alpha value is -1.27. The Morgan fingerprint density at radius 3 is 2.79 bits per heavy atom. The maximum atomic E-state index is 11.7.